The van der Waals surface area contributed by atoms with Crippen molar-refractivity contribution in [2.45, 2.75) is 18.9 Å². The maximum Gasteiger partial charge on any atom is 0.252 e. The van der Waals surface area contributed by atoms with Gasteiger partial charge in [-0.3, -0.25) is 4.79 Å². The largest absolute Gasteiger partial charge is 0.497 e. The lowest BCUT2D eigenvalue weighted by Crippen LogP contribution is -2.36. The van der Waals surface area contributed by atoms with Crippen LogP contribution in [0.1, 0.15) is 12.8 Å². The number of benzene rings is 1. The van der Waals surface area contributed by atoms with Gasteiger partial charge in [0, 0.05) is 18.8 Å². The van der Waals surface area contributed by atoms with Crippen LogP contribution >= 0.6 is 0 Å². The first-order chi connectivity index (χ1) is 9.70. The highest BCUT2D eigenvalue weighted by Gasteiger charge is 2.17. The maximum atomic E-state index is 12.1. The van der Waals surface area contributed by atoms with Crippen LogP contribution in [-0.4, -0.2) is 45.9 Å². The van der Waals surface area contributed by atoms with Gasteiger partial charge in [-0.25, -0.2) is 0 Å². The fourth-order valence-corrected chi connectivity index (χ4v) is 2.21. The van der Waals surface area contributed by atoms with Crippen molar-refractivity contribution >= 4 is 11.6 Å². The highest BCUT2D eigenvalue weighted by atomic mass is 16.5. The Labute approximate surface area is 119 Å². The third-order valence-electron chi connectivity index (χ3n) is 3.54. The van der Waals surface area contributed by atoms with Gasteiger partial charge < -0.3 is 19.7 Å². The Bertz CT molecular complexity index is 444. The van der Waals surface area contributed by atoms with Gasteiger partial charge >= 0.3 is 0 Å². The van der Waals surface area contributed by atoms with Gasteiger partial charge in [-0.1, -0.05) is 6.07 Å². The van der Waals surface area contributed by atoms with E-state index in [0.717, 1.165) is 37.4 Å². The molecular formula is C15H22N2O3. The molecule has 0 radical (unpaired) electrons. The van der Waals surface area contributed by atoms with Crippen molar-refractivity contribution in [2.75, 3.05) is 38.8 Å². The number of hydrogen-bond acceptors (Lipinski definition) is 4. The highest BCUT2D eigenvalue weighted by Crippen LogP contribution is 2.20. The second-order valence-electron chi connectivity index (χ2n) is 4.91. The molecule has 1 saturated heterocycles. The molecule has 0 spiro atoms. The monoisotopic (exact) mass is 278 g/mol. The van der Waals surface area contributed by atoms with Crippen LogP contribution in [0.4, 0.5) is 5.69 Å². The Morgan fingerprint density at radius 3 is 2.85 bits per heavy atom. The SMILES string of the molecule is COc1cccc(N(C)C(=O)COC2CCNCC2)c1. The summed E-state index contributed by atoms with van der Waals surface area (Å²) in [6.45, 7) is 2.05. The molecule has 0 bridgehead atoms. The van der Waals surface area contributed by atoms with Crippen molar-refractivity contribution in [3.05, 3.63) is 24.3 Å². The van der Waals surface area contributed by atoms with Gasteiger partial charge in [0.1, 0.15) is 12.4 Å². The van der Waals surface area contributed by atoms with E-state index in [4.69, 9.17) is 9.47 Å². The lowest BCUT2D eigenvalue weighted by molar-refractivity contribution is -0.125. The van der Waals surface area contributed by atoms with Crippen LogP contribution < -0.4 is 15.0 Å². The summed E-state index contributed by atoms with van der Waals surface area (Å²) in [7, 11) is 3.37. The van der Waals surface area contributed by atoms with Crippen LogP contribution in [0.3, 0.4) is 0 Å². The second kappa shape index (κ2) is 7.26. The number of carbonyl (C=O) groups is 1. The van der Waals surface area contributed by atoms with E-state index in [-0.39, 0.29) is 18.6 Å². The number of nitrogens with one attached hydrogen (secondary N) is 1. The van der Waals surface area contributed by atoms with E-state index < -0.39 is 0 Å². The molecule has 1 aromatic carbocycles. The normalized spacial score (nSPS) is 15.9. The molecule has 1 amide bonds. The van der Waals surface area contributed by atoms with E-state index in [0.29, 0.717) is 0 Å². The van der Waals surface area contributed by atoms with Crippen molar-refractivity contribution in [1.82, 2.24) is 5.32 Å². The van der Waals surface area contributed by atoms with Gasteiger partial charge in [-0.05, 0) is 38.1 Å². The molecule has 110 valence electrons. The Morgan fingerprint density at radius 2 is 2.15 bits per heavy atom. The number of nitrogens with zero attached hydrogens (tertiary/aromatic N) is 1. The smallest absolute Gasteiger partial charge is 0.252 e. The van der Waals surface area contributed by atoms with Crippen LogP contribution in [0, 0.1) is 0 Å². The average molecular weight is 278 g/mol. The van der Waals surface area contributed by atoms with Crippen LogP contribution in [-0.2, 0) is 9.53 Å². The predicted octanol–water partition coefficient (Wildman–Crippen LogP) is 1.43. The number of piperidine rings is 1. The van der Waals surface area contributed by atoms with Crippen molar-refractivity contribution in [3.8, 4) is 5.75 Å². The standard InChI is InChI=1S/C15H22N2O3/c1-17(12-4-3-5-14(10-12)19-2)15(18)11-20-13-6-8-16-9-7-13/h3-5,10,13,16H,6-9,11H2,1-2H3. The highest BCUT2D eigenvalue weighted by molar-refractivity contribution is 5.93. The van der Waals surface area contributed by atoms with Crippen LogP contribution in [0.2, 0.25) is 0 Å². The Hall–Kier alpha value is -1.59. The number of carbonyl (C=O) groups excluding carboxylic acids is 1. The lowest BCUT2D eigenvalue weighted by Gasteiger charge is -2.24. The molecule has 20 heavy (non-hydrogen) atoms. The van der Waals surface area contributed by atoms with E-state index in [9.17, 15) is 4.79 Å². The number of methoxy groups -OCH3 is 1. The van der Waals surface area contributed by atoms with E-state index in [1.54, 1.807) is 19.1 Å². The van der Waals surface area contributed by atoms with Gasteiger partial charge in [0.05, 0.1) is 13.2 Å². The van der Waals surface area contributed by atoms with E-state index in [1.165, 1.54) is 0 Å². The molecule has 0 saturated carbocycles. The lowest BCUT2D eigenvalue weighted by atomic mass is 10.1. The van der Waals surface area contributed by atoms with Crippen molar-refractivity contribution in [2.24, 2.45) is 0 Å². The number of anilines is 1. The predicted molar refractivity (Wildman–Crippen MR) is 78.2 cm³/mol. The van der Waals surface area contributed by atoms with Crippen LogP contribution in [0.5, 0.6) is 5.75 Å². The molecule has 1 heterocycles. The first kappa shape index (κ1) is 14.8. The third kappa shape index (κ3) is 3.95. The molecule has 5 heteroatoms. The van der Waals surface area contributed by atoms with Crippen molar-refractivity contribution in [1.29, 1.82) is 0 Å². The summed E-state index contributed by atoms with van der Waals surface area (Å²) in [6, 6.07) is 7.44. The van der Waals surface area contributed by atoms with Gasteiger partial charge in [-0.15, -0.1) is 0 Å². The Balaban J connectivity index is 1.87. The fraction of sp³-hybridized carbons (Fsp3) is 0.533. The first-order valence-corrected chi connectivity index (χ1v) is 6.93. The van der Waals surface area contributed by atoms with E-state index in [1.807, 2.05) is 24.3 Å². The Kier molecular flexibility index (Phi) is 5.38. The molecule has 0 atom stereocenters. The first-order valence-electron chi connectivity index (χ1n) is 6.93. The maximum absolute atomic E-state index is 12.1. The third-order valence-corrected chi connectivity index (χ3v) is 3.54. The van der Waals surface area contributed by atoms with Crippen LogP contribution in [0.15, 0.2) is 24.3 Å². The molecular weight excluding hydrogens is 256 g/mol. The number of rotatable bonds is 5. The topological polar surface area (TPSA) is 50.8 Å². The quantitative estimate of drug-likeness (QED) is 0.885. The van der Waals surface area contributed by atoms with Gasteiger partial charge in [0.2, 0.25) is 0 Å². The van der Waals surface area contributed by atoms with Crippen molar-refractivity contribution in [3.63, 3.8) is 0 Å². The minimum Gasteiger partial charge on any atom is -0.497 e. The Morgan fingerprint density at radius 1 is 1.40 bits per heavy atom. The number of likely N-dealkylation sites (N-methyl/N-ethyl adjacent to an activating group) is 1. The molecule has 0 unspecified atom stereocenters. The summed E-state index contributed by atoms with van der Waals surface area (Å²) in [5.74, 6) is 0.693. The number of hydrogen-bond donors (Lipinski definition) is 1. The molecule has 5 nitrogen and oxygen atoms in total. The van der Waals surface area contributed by atoms with Crippen molar-refractivity contribution < 1.29 is 14.3 Å². The zero-order valence-electron chi connectivity index (χ0n) is 12.1. The summed E-state index contributed by atoms with van der Waals surface area (Å²) < 4.78 is 10.8. The average Bonchev–Trinajstić information content (AvgIpc) is 2.53. The van der Waals surface area contributed by atoms with Gasteiger partial charge in [0.25, 0.3) is 5.91 Å². The molecule has 1 aliphatic rings. The van der Waals surface area contributed by atoms with Gasteiger partial charge in [0.15, 0.2) is 0 Å². The molecule has 1 fully saturated rings. The molecule has 1 aliphatic heterocycles. The van der Waals surface area contributed by atoms with Crippen LogP contribution in [0.25, 0.3) is 0 Å². The second-order valence-corrected chi connectivity index (χ2v) is 4.91. The van der Waals surface area contributed by atoms with Gasteiger partial charge in [-0.2, -0.15) is 0 Å². The van der Waals surface area contributed by atoms with E-state index >= 15 is 0 Å². The fourth-order valence-electron chi connectivity index (χ4n) is 2.21. The molecule has 0 aromatic heterocycles. The summed E-state index contributed by atoms with van der Waals surface area (Å²) >= 11 is 0. The molecule has 1 aromatic rings. The summed E-state index contributed by atoms with van der Waals surface area (Å²) in [6.07, 6.45) is 2.13. The number of amides is 1. The summed E-state index contributed by atoms with van der Waals surface area (Å²) in [4.78, 5) is 13.7. The zero-order valence-corrected chi connectivity index (χ0v) is 12.1. The summed E-state index contributed by atoms with van der Waals surface area (Å²) in [5.41, 5.74) is 0.809. The van der Waals surface area contributed by atoms with E-state index in [2.05, 4.69) is 5.32 Å². The molecule has 0 aliphatic carbocycles. The minimum atomic E-state index is -0.0446. The minimum absolute atomic E-state index is 0.0446. The molecule has 2 rings (SSSR count). The molecule has 1 N–H and O–H groups in total. The zero-order chi connectivity index (χ0) is 14.4. The number of ether oxygens (including phenoxy) is 2. The summed E-state index contributed by atoms with van der Waals surface area (Å²) in [5, 5.41) is 3.27.